The van der Waals surface area contributed by atoms with Crippen LogP contribution in [-0.2, 0) is 26.9 Å². The quantitative estimate of drug-likeness (QED) is 0.389. The first-order valence-electron chi connectivity index (χ1n) is 16.1. The minimum absolute atomic E-state index is 0.0382. The van der Waals surface area contributed by atoms with Crippen molar-refractivity contribution in [3.8, 4) is 5.88 Å². The Bertz CT molecular complexity index is 1410. The van der Waals surface area contributed by atoms with Crippen LogP contribution in [0.25, 0.3) is 11.0 Å². The minimum atomic E-state index is -4.54. The molecule has 1 saturated carbocycles. The molecule has 0 radical (unpaired) electrons. The van der Waals surface area contributed by atoms with Crippen LogP contribution in [0.2, 0.25) is 0 Å². The van der Waals surface area contributed by atoms with E-state index in [1.54, 1.807) is 0 Å². The van der Waals surface area contributed by atoms with E-state index in [-0.39, 0.29) is 30.0 Å². The van der Waals surface area contributed by atoms with Crippen LogP contribution in [0.5, 0.6) is 5.88 Å². The number of aryl methyl sites for hydroxylation is 1. The van der Waals surface area contributed by atoms with Gasteiger partial charge in [0.15, 0.2) is 0 Å². The van der Waals surface area contributed by atoms with Crippen LogP contribution in [0.4, 0.5) is 18.0 Å². The number of alkyl carbamates (subject to hydrolysis) is 1. The van der Waals surface area contributed by atoms with Crippen LogP contribution in [0, 0.1) is 17.3 Å². The van der Waals surface area contributed by atoms with Crippen molar-refractivity contribution in [3.63, 3.8) is 0 Å². The van der Waals surface area contributed by atoms with Crippen LogP contribution < -0.4 is 10.1 Å². The second kappa shape index (κ2) is 13.1. The van der Waals surface area contributed by atoms with Gasteiger partial charge < -0.3 is 24.5 Å². The number of alkyl halides is 3. The van der Waals surface area contributed by atoms with E-state index < -0.39 is 53.3 Å². The summed E-state index contributed by atoms with van der Waals surface area (Å²) in [6.45, 7) is 7.44. The molecule has 6 atom stereocenters. The number of fused-ring (bicyclic) bond motifs is 5. The minimum Gasteiger partial charge on any atom is -0.471 e. The van der Waals surface area contributed by atoms with Crippen LogP contribution in [0.1, 0.15) is 90.3 Å². The fourth-order valence-corrected chi connectivity index (χ4v) is 7.06. The lowest BCUT2D eigenvalue weighted by Crippen LogP contribution is -2.56. The number of carbonyl (C=O) groups excluding carboxylic acids is 3. The fourth-order valence-electron chi connectivity index (χ4n) is 7.06. The molecule has 1 aromatic carbocycles. The van der Waals surface area contributed by atoms with Gasteiger partial charge in [-0.1, -0.05) is 40.5 Å². The zero-order valence-electron chi connectivity index (χ0n) is 26.4. The summed E-state index contributed by atoms with van der Waals surface area (Å²) >= 11 is 0. The number of halogens is 3. The number of aromatic nitrogens is 2. The number of rotatable bonds is 2. The van der Waals surface area contributed by atoms with E-state index in [4.69, 9.17) is 14.5 Å². The van der Waals surface area contributed by atoms with Crippen LogP contribution >= 0.6 is 0 Å². The van der Waals surface area contributed by atoms with Crippen LogP contribution in [0.3, 0.4) is 0 Å². The Kier molecular flexibility index (Phi) is 9.60. The number of ether oxygens (including phenoxy) is 2. The Morgan fingerprint density at radius 1 is 0.978 bits per heavy atom. The van der Waals surface area contributed by atoms with Crippen molar-refractivity contribution < 1.29 is 37.0 Å². The largest absolute Gasteiger partial charge is 0.471 e. The van der Waals surface area contributed by atoms with Crippen molar-refractivity contribution in [2.75, 3.05) is 6.54 Å². The van der Waals surface area contributed by atoms with E-state index in [0.717, 1.165) is 63.4 Å². The molecule has 2 aliphatic heterocycles. The summed E-state index contributed by atoms with van der Waals surface area (Å²) < 4.78 is 52.9. The average Bonchev–Trinajstić information content (AvgIpc) is 3.56. The van der Waals surface area contributed by atoms with E-state index >= 15 is 0 Å². The zero-order valence-corrected chi connectivity index (χ0v) is 26.4. The highest BCUT2D eigenvalue weighted by atomic mass is 19.4. The van der Waals surface area contributed by atoms with Gasteiger partial charge in [0.2, 0.25) is 11.8 Å². The number of nitrogens with zero attached hydrogens (tertiary/aromatic N) is 3. The number of aldehydes is 1. The topological polar surface area (TPSA) is 111 Å². The van der Waals surface area contributed by atoms with Gasteiger partial charge in [-0.25, -0.2) is 14.8 Å². The lowest BCUT2D eigenvalue weighted by molar-refractivity contribution is -0.139. The van der Waals surface area contributed by atoms with E-state index in [1.165, 1.54) is 11.0 Å². The lowest BCUT2D eigenvalue weighted by atomic mass is 9.85. The number of amides is 2. The van der Waals surface area contributed by atoms with Gasteiger partial charge in [0.1, 0.15) is 30.2 Å². The molecule has 2 aromatic rings. The second-order valence-electron chi connectivity index (χ2n) is 13.7. The summed E-state index contributed by atoms with van der Waals surface area (Å²) in [6, 6.07) is 1.48. The molecule has 2 fully saturated rings. The van der Waals surface area contributed by atoms with E-state index in [2.05, 4.69) is 10.3 Å². The Morgan fingerprint density at radius 2 is 1.73 bits per heavy atom. The van der Waals surface area contributed by atoms with Crippen molar-refractivity contribution in [3.05, 3.63) is 29.5 Å². The van der Waals surface area contributed by atoms with E-state index in [0.29, 0.717) is 24.1 Å². The molecule has 1 saturated heterocycles. The Hall–Kier alpha value is -3.44. The Labute approximate surface area is 261 Å². The number of hydrogen-bond donors (Lipinski definition) is 1. The summed E-state index contributed by atoms with van der Waals surface area (Å²) in [4.78, 5) is 50.4. The second-order valence-corrected chi connectivity index (χ2v) is 13.7. The number of carbonyl (C=O) groups is 3. The van der Waals surface area contributed by atoms with Gasteiger partial charge in [0.25, 0.3) is 0 Å². The summed E-state index contributed by atoms with van der Waals surface area (Å²) in [5.74, 6) is -0.489. The average molecular weight is 633 g/mol. The number of benzene rings is 1. The first kappa shape index (κ1) is 32.9. The highest BCUT2D eigenvalue weighted by Crippen LogP contribution is 2.37. The van der Waals surface area contributed by atoms with Gasteiger partial charge in [0.05, 0.1) is 29.2 Å². The molecule has 5 rings (SSSR count). The van der Waals surface area contributed by atoms with Gasteiger partial charge in [0, 0.05) is 5.92 Å². The number of hydrogen-bond acceptors (Lipinski definition) is 7. The van der Waals surface area contributed by atoms with Gasteiger partial charge >= 0.3 is 12.3 Å². The first-order chi connectivity index (χ1) is 21.3. The van der Waals surface area contributed by atoms with Crippen LogP contribution in [-0.4, -0.2) is 64.0 Å². The summed E-state index contributed by atoms with van der Waals surface area (Å²) in [5, 5.41) is 2.81. The summed E-state index contributed by atoms with van der Waals surface area (Å²) in [7, 11) is 0. The normalized spacial score (nSPS) is 28.7. The Balaban J connectivity index is 1.54. The SMILES string of the molecule is CC[C@@H]1[C@@H]2CN(C(=O)[C@H](C(C)(C)C)NC(=O)O[C@@H]3CCC[C@H]3CCCCCc3nc4ccc(C(F)(F)F)cc4nc3O2)[C@@H]1C=O. The van der Waals surface area contributed by atoms with Crippen LogP contribution in [0.15, 0.2) is 18.2 Å². The van der Waals surface area contributed by atoms with Gasteiger partial charge in [-0.15, -0.1) is 0 Å². The smallest absolute Gasteiger partial charge is 0.416 e. The molecular formula is C33H43F3N4O5. The molecule has 0 spiro atoms. The molecule has 9 nitrogen and oxygen atoms in total. The molecule has 2 amide bonds. The fraction of sp³-hybridized carbons (Fsp3) is 0.667. The number of nitrogens with one attached hydrogen (secondary N) is 1. The molecule has 3 heterocycles. The molecule has 12 heteroatoms. The molecule has 3 aliphatic rings. The monoisotopic (exact) mass is 632 g/mol. The van der Waals surface area contributed by atoms with Crippen molar-refractivity contribution in [1.29, 1.82) is 0 Å². The molecule has 1 aliphatic carbocycles. The lowest BCUT2D eigenvalue weighted by Gasteiger charge is -2.35. The van der Waals surface area contributed by atoms with Crippen molar-refractivity contribution in [2.45, 2.75) is 116 Å². The molecule has 2 bridgehead atoms. The molecule has 1 N–H and O–H groups in total. The first-order valence-corrected chi connectivity index (χ1v) is 16.1. The molecule has 246 valence electrons. The summed E-state index contributed by atoms with van der Waals surface area (Å²) in [5.41, 5.74) is -0.609. The predicted molar refractivity (Wildman–Crippen MR) is 160 cm³/mol. The molecule has 45 heavy (non-hydrogen) atoms. The molecule has 0 unspecified atom stereocenters. The molecular weight excluding hydrogens is 589 g/mol. The highest BCUT2D eigenvalue weighted by molar-refractivity contribution is 5.89. The Morgan fingerprint density at radius 3 is 2.42 bits per heavy atom. The van der Waals surface area contributed by atoms with Crippen molar-refractivity contribution >= 4 is 29.3 Å². The van der Waals surface area contributed by atoms with Gasteiger partial charge in [-0.05, 0) is 74.5 Å². The van der Waals surface area contributed by atoms with Crippen molar-refractivity contribution in [2.24, 2.45) is 17.3 Å². The van der Waals surface area contributed by atoms with E-state index in [9.17, 15) is 27.6 Å². The van der Waals surface area contributed by atoms with Crippen molar-refractivity contribution in [1.82, 2.24) is 20.2 Å². The molecule has 1 aromatic heterocycles. The standard InChI is InChI=1S/C33H43F3N4O5/c1-5-21-25(18-41)40-17-27(21)44-29-23(37-22-15-14-20(33(34,35)36)16-24(22)38-29)12-8-6-7-10-19-11-9-13-26(19)45-31(43)39-28(30(40)42)32(2,3)4/h14-16,18-19,21,25-28H,5-13,17H2,1-4H3,(H,39,43)/t19-,21+,25-,26-,27+,28-/m1/s1. The third kappa shape index (κ3) is 7.19. The highest BCUT2D eigenvalue weighted by Gasteiger charge is 2.48. The zero-order chi connectivity index (χ0) is 32.5. The maximum absolute atomic E-state index is 14.1. The van der Waals surface area contributed by atoms with Gasteiger partial charge in [-0.3, -0.25) is 4.79 Å². The third-order valence-corrected chi connectivity index (χ3v) is 9.55. The van der Waals surface area contributed by atoms with E-state index in [1.807, 2.05) is 27.7 Å². The summed E-state index contributed by atoms with van der Waals surface area (Å²) in [6.07, 6.45) is 1.77. The van der Waals surface area contributed by atoms with Gasteiger partial charge in [-0.2, -0.15) is 13.2 Å². The maximum Gasteiger partial charge on any atom is 0.416 e. The maximum atomic E-state index is 14.1. The predicted octanol–water partition coefficient (Wildman–Crippen LogP) is 6.26. The third-order valence-electron chi connectivity index (χ3n) is 9.55.